The maximum absolute atomic E-state index is 12.6. The number of esters is 1. The number of ether oxygens (including phenoxy) is 2. The highest BCUT2D eigenvalue weighted by Crippen LogP contribution is 2.44. The largest absolute Gasteiger partial charge is 0.480 e. The number of nitrogens with one attached hydrogen (secondary N) is 2. The highest BCUT2D eigenvalue weighted by atomic mass is 16.5. The summed E-state index contributed by atoms with van der Waals surface area (Å²) in [7, 11) is 1.13. The van der Waals surface area contributed by atoms with Gasteiger partial charge in [0, 0.05) is 12.5 Å². The molecule has 1 aliphatic carbocycles. The van der Waals surface area contributed by atoms with Crippen LogP contribution in [0.5, 0.6) is 0 Å². The predicted molar refractivity (Wildman–Crippen MR) is 123 cm³/mol. The third kappa shape index (κ3) is 5.54. The summed E-state index contributed by atoms with van der Waals surface area (Å²) in [5, 5.41) is 14.1. The summed E-state index contributed by atoms with van der Waals surface area (Å²) in [4.78, 5) is 47.7. The molecule has 0 aromatic heterocycles. The first-order valence-corrected chi connectivity index (χ1v) is 10.8. The highest BCUT2D eigenvalue weighted by Gasteiger charge is 2.34. The molecular weight excluding hydrogens is 440 g/mol. The lowest BCUT2D eigenvalue weighted by Gasteiger charge is -2.26. The van der Waals surface area contributed by atoms with E-state index >= 15 is 0 Å². The fourth-order valence-electron chi connectivity index (χ4n) is 3.83. The van der Waals surface area contributed by atoms with Gasteiger partial charge in [0.1, 0.15) is 12.6 Å². The van der Waals surface area contributed by atoms with Crippen LogP contribution in [0, 0.1) is 5.41 Å². The molecule has 1 aliphatic rings. The van der Waals surface area contributed by atoms with Gasteiger partial charge in [0.05, 0.1) is 18.9 Å². The topological polar surface area (TPSA) is 131 Å². The van der Waals surface area contributed by atoms with Gasteiger partial charge < -0.3 is 25.2 Å². The van der Waals surface area contributed by atoms with Crippen LogP contribution in [-0.2, 0) is 23.9 Å². The maximum Gasteiger partial charge on any atom is 0.407 e. The number of alkyl carbamates (subject to hydrolysis) is 1. The Morgan fingerprint density at radius 3 is 2.09 bits per heavy atom. The first-order chi connectivity index (χ1) is 16.1. The van der Waals surface area contributed by atoms with Crippen molar-refractivity contribution >= 4 is 23.9 Å². The molecule has 0 bridgehead atoms. The van der Waals surface area contributed by atoms with Crippen molar-refractivity contribution in [2.75, 3.05) is 20.3 Å². The van der Waals surface area contributed by atoms with Gasteiger partial charge in [-0.1, -0.05) is 48.5 Å². The highest BCUT2D eigenvalue weighted by molar-refractivity contribution is 5.89. The quantitative estimate of drug-likeness (QED) is 0.482. The van der Waals surface area contributed by atoms with E-state index in [0.717, 1.165) is 29.4 Å². The van der Waals surface area contributed by atoms with Crippen LogP contribution in [-0.4, -0.2) is 55.3 Å². The minimum atomic E-state index is -1.44. The van der Waals surface area contributed by atoms with Crippen molar-refractivity contribution < 1.29 is 33.8 Å². The van der Waals surface area contributed by atoms with E-state index in [1.807, 2.05) is 48.5 Å². The van der Waals surface area contributed by atoms with Crippen LogP contribution in [0.1, 0.15) is 37.3 Å². The van der Waals surface area contributed by atoms with Gasteiger partial charge in [0.15, 0.2) is 0 Å². The molecule has 9 heteroatoms. The van der Waals surface area contributed by atoms with E-state index in [1.54, 1.807) is 13.8 Å². The molecule has 0 spiro atoms. The summed E-state index contributed by atoms with van der Waals surface area (Å²) in [5.74, 6) is -2.85. The number of benzene rings is 2. The van der Waals surface area contributed by atoms with Crippen LogP contribution < -0.4 is 10.6 Å². The van der Waals surface area contributed by atoms with Crippen LogP contribution in [0.15, 0.2) is 48.5 Å². The van der Waals surface area contributed by atoms with E-state index in [9.17, 15) is 24.3 Å². The third-order valence-electron chi connectivity index (χ3n) is 5.83. The molecule has 2 aromatic carbocycles. The summed E-state index contributed by atoms with van der Waals surface area (Å²) in [6, 6.07) is 14.5. The van der Waals surface area contributed by atoms with Crippen LogP contribution in [0.2, 0.25) is 0 Å². The van der Waals surface area contributed by atoms with Crippen LogP contribution in [0.4, 0.5) is 4.79 Å². The third-order valence-corrected chi connectivity index (χ3v) is 5.83. The van der Waals surface area contributed by atoms with Gasteiger partial charge in [-0.25, -0.2) is 9.59 Å². The number of hydrogen-bond acceptors (Lipinski definition) is 6. The number of carbonyl (C=O) groups excluding carboxylic acids is 3. The molecule has 0 aliphatic heterocycles. The van der Waals surface area contributed by atoms with Gasteiger partial charge in [0.25, 0.3) is 0 Å². The van der Waals surface area contributed by atoms with Gasteiger partial charge in [-0.15, -0.1) is 0 Å². The van der Waals surface area contributed by atoms with Crippen molar-refractivity contribution in [1.82, 2.24) is 10.6 Å². The molecular formula is C25H28N2O7. The molecule has 3 N–H and O–H groups in total. The zero-order chi connectivity index (χ0) is 24.9. The van der Waals surface area contributed by atoms with Gasteiger partial charge in [0.2, 0.25) is 5.91 Å². The number of methoxy groups -OCH3 is 1. The Balaban J connectivity index is 1.56. The second-order valence-electron chi connectivity index (χ2n) is 8.71. The predicted octanol–water partition coefficient (Wildman–Crippen LogP) is 2.68. The number of carboxylic acids is 1. The number of fused-ring (bicyclic) bond motifs is 3. The molecule has 0 saturated carbocycles. The van der Waals surface area contributed by atoms with Crippen molar-refractivity contribution in [2.24, 2.45) is 5.41 Å². The van der Waals surface area contributed by atoms with Gasteiger partial charge in [-0.2, -0.15) is 0 Å². The van der Waals surface area contributed by atoms with Crippen LogP contribution in [0.25, 0.3) is 11.1 Å². The number of amides is 2. The van der Waals surface area contributed by atoms with E-state index in [-0.39, 0.29) is 19.1 Å². The summed E-state index contributed by atoms with van der Waals surface area (Å²) in [6.07, 6.45) is -1.19. The molecule has 0 heterocycles. The molecule has 0 fully saturated rings. The van der Waals surface area contributed by atoms with Crippen molar-refractivity contribution in [2.45, 2.75) is 32.2 Å². The summed E-state index contributed by atoms with van der Waals surface area (Å²) in [5.41, 5.74) is 3.24. The monoisotopic (exact) mass is 468 g/mol. The zero-order valence-corrected chi connectivity index (χ0v) is 19.3. The van der Waals surface area contributed by atoms with Gasteiger partial charge in [-0.3, -0.25) is 9.59 Å². The lowest BCUT2D eigenvalue weighted by Crippen LogP contribution is -2.51. The molecule has 2 aromatic rings. The van der Waals surface area contributed by atoms with E-state index in [2.05, 4.69) is 15.4 Å². The Morgan fingerprint density at radius 2 is 1.56 bits per heavy atom. The number of hydrogen-bond donors (Lipinski definition) is 3. The molecule has 34 heavy (non-hydrogen) atoms. The fraction of sp³-hybridized carbons (Fsp3) is 0.360. The minimum absolute atomic E-state index is 0.0934. The van der Waals surface area contributed by atoms with Gasteiger partial charge >= 0.3 is 18.0 Å². The molecule has 3 rings (SSSR count). The zero-order valence-electron chi connectivity index (χ0n) is 19.3. The van der Waals surface area contributed by atoms with E-state index < -0.39 is 41.8 Å². The minimum Gasteiger partial charge on any atom is -0.480 e. The second-order valence-corrected chi connectivity index (χ2v) is 8.71. The lowest BCUT2D eigenvalue weighted by atomic mass is 9.91. The molecule has 1 atom stereocenters. The SMILES string of the molecule is COC(=O)C[C@@H](NC(=O)C(C)(C)CNC(=O)OCC1c2ccccc2-c2ccccc21)C(=O)O. The average molecular weight is 469 g/mol. The number of aliphatic carboxylic acids is 1. The van der Waals surface area contributed by atoms with E-state index in [0.29, 0.717) is 0 Å². The number of carbonyl (C=O) groups is 4. The van der Waals surface area contributed by atoms with Gasteiger partial charge in [-0.05, 0) is 36.1 Å². The Bertz CT molecular complexity index is 1050. The van der Waals surface area contributed by atoms with Crippen LogP contribution in [0.3, 0.4) is 0 Å². The summed E-state index contributed by atoms with van der Waals surface area (Å²) in [6.45, 7) is 3.12. The van der Waals surface area contributed by atoms with Crippen molar-refractivity contribution in [1.29, 1.82) is 0 Å². The molecule has 9 nitrogen and oxygen atoms in total. The molecule has 2 amide bonds. The normalized spacial score (nSPS) is 13.3. The van der Waals surface area contributed by atoms with Crippen molar-refractivity contribution in [3.63, 3.8) is 0 Å². The van der Waals surface area contributed by atoms with E-state index in [4.69, 9.17) is 4.74 Å². The Hall–Kier alpha value is -3.88. The summed E-state index contributed by atoms with van der Waals surface area (Å²) < 4.78 is 9.93. The second kappa shape index (κ2) is 10.4. The van der Waals surface area contributed by atoms with Crippen LogP contribution >= 0.6 is 0 Å². The molecule has 180 valence electrons. The van der Waals surface area contributed by atoms with Crippen molar-refractivity contribution in [3.8, 4) is 11.1 Å². The Morgan fingerprint density at radius 1 is 1.00 bits per heavy atom. The fourth-order valence-corrected chi connectivity index (χ4v) is 3.83. The average Bonchev–Trinajstić information content (AvgIpc) is 3.14. The molecule has 0 saturated heterocycles. The number of carboxylic acid groups (broad SMARTS) is 1. The molecule has 0 unspecified atom stereocenters. The standard InChI is InChI=1S/C25H28N2O7/c1-25(2,23(31)27-20(22(29)30)12-21(28)33-3)14-26-24(32)34-13-19-17-10-6-4-8-15(17)16-9-5-7-11-18(16)19/h4-11,19-20H,12-14H2,1-3H3,(H,26,32)(H,27,31)(H,29,30)/t20-/m1/s1. The number of rotatable bonds is 9. The first-order valence-electron chi connectivity index (χ1n) is 10.8. The smallest absolute Gasteiger partial charge is 0.407 e. The Kier molecular flexibility index (Phi) is 7.55. The van der Waals surface area contributed by atoms with E-state index in [1.165, 1.54) is 0 Å². The maximum atomic E-state index is 12.6. The van der Waals surface area contributed by atoms with Crippen molar-refractivity contribution in [3.05, 3.63) is 59.7 Å². The summed E-state index contributed by atoms with van der Waals surface area (Å²) >= 11 is 0. The molecule has 0 radical (unpaired) electrons. The first kappa shape index (κ1) is 24.8. The Labute approximate surface area is 197 Å². The lowest BCUT2D eigenvalue weighted by molar-refractivity contribution is -0.149.